The van der Waals surface area contributed by atoms with E-state index in [0.29, 0.717) is 6.54 Å². The number of carbonyl (C=O) groups is 3. The Morgan fingerprint density at radius 2 is 1.79 bits per heavy atom. The van der Waals surface area contributed by atoms with E-state index in [4.69, 9.17) is 0 Å². The van der Waals surface area contributed by atoms with Crippen LogP contribution in [0, 0.1) is 11.8 Å². The SMILES string of the molecule is CCn1c(CN(C)C(=O)CN2C(=O)C3CCCCC3C2=O)nc2ccccc21. The van der Waals surface area contributed by atoms with Gasteiger partial charge in [0.2, 0.25) is 17.7 Å². The average Bonchev–Trinajstić information content (AvgIpc) is 3.18. The zero-order valence-corrected chi connectivity index (χ0v) is 16.4. The molecule has 28 heavy (non-hydrogen) atoms. The molecule has 2 atom stereocenters. The molecule has 0 radical (unpaired) electrons. The van der Waals surface area contributed by atoms with Gasteiger partial charge in [0.25, 0.3) is 0 Å². The molecule has 1 saturated heterocycles. The van der Waals surface area contributed by atoms with Crippen molar-refractivity contribution in [1.29, 1.82) is 0 Å². The third-order valence-electron chi connectivity index (χ3n) is 6.08. The number of rotatable bonds is 5. The Morgan fingerprint density at radius 3 is 2.43 bits per heavy atom. The maximum Gasteiger partial charge on any atom is 0.242 e. The number of para-hydroxylation sites is 2. The molecule has 1 saturated carbocycles. The third-order valence-corrected chi connectivity index (χ3v) is 6.08. The van der Waals surface area contributed by atoms with Gasteiger partial charge >= 0.3 is 0 Å². The molecule has 2 fully saturated rings. The van der Waals surface area contributed by atoms with Crippen LogP contribution in [-0.4, -0.2) is 50.7 Å². The molecule has 2 unspecified atom stereocenters. The molecule has 1 aliphatic heterocycles. The fourth-order valence-corrected chi connectivity index (χ4v) is 4.54. The van der Waals surface area contributed by atoms with Crippen LogP contribution in [-0.2, 0) is 27.5 Å². The molecular weight excluding hydrogens is 356 g/mol. The summed E-state index contributed by atoms with van der Waals surface area (Å²) in [7, 11) is 1.69. The van der Waals surface area contributed by atoms with Gasteiger partial charge in [0.05, 0.1) is 29.4 Å². The number of hydrogen-bond acceptors (Lipinski definition) is 4. The maximum atomic E-state index is 12.8. The van der Waals surface area contributed by atoms with Crippen LogP contribution in [0.2, 0.25) is 0 Å². The lowest BCUT2D eigenvalue weighted by molar-refractivity contribution is -0.146. The van der Waals surface area contributed by atoms with Crippen LogP contribution in [0.3, 0.4) is 0 Å². The van der Waals surface area contributed by atoms with Gasteiger partial charge in [0, 0.05) is 13.6 Å². The van der Waals surface area contributed by atoms with Gasteiger partial charge < -0.3 is 9.47 Å². The summed E-state index contributed by atoms with van der Waals surface area (Å²) in [5.74, 6) is -0.218. The van der Waals surface area contributed by atoms with Crippen molar-refractivity contribution in [2.75, 3.05) is 13.6 Å². The number of benzene rings is 1. The van der Waals surface area contributed by atoms with Crippen LogP contribution in [0.25, 0.3) is 11.0 Å². The second-order valence-electron chi connectivity index (χ2n) is 7.77. The summed E-state index contributed by atoms with van der Waals surface area (Å²) in [5.41, 5.74) is 1.93. The zero-order chi connectivity index (χ0) is 19.8. The molecule has 4 rings (SSSR count). The second-order valence-corrected chi connectivity index (χ2v) is 7.77. The zero-order valence-electron chi connectivity index (χ0n) is 16.4. The number of aryl methyl sites for hydroxylation is 1. The standard InChI is InChI=1S/C21H26N4O3/c1-3-24-17-11-7-6-10-16(17)22-18(24)12-23(2)19(26)13-25-20(27)14-8-4-5-9-15(14)21(25)28/h6-7,10-11,14-15H,3-5,8-9,12-13H2,1-2H3. The number of carbonyl (C=O) groups excluding carboxylic acids is 3. The summed E-state index contributed by atoms with van der Waals surface area (Å²) in [6, 6.07) is 7.88. The van der Waals surface area contributed by atoms with Gasteiger partial charge in [-0.25, -0.2) is 4.98 Å². The lowest BCUT2D eigenvalue weighted by atomic mass is 9.81. The Bertz CT molecular complexity index is 911. The molecule has 148 valence electrons. The second kappa shape index (κ2) is 7.37. The summed E-state index contributed by atoms with van der Waals surface area (Å²) < 4.78 is 2.08. The highest BCUT2D eigenvalue weighted by atomic mass is 16.2. The number of aromatic nitrogens is 2. The lowest BCUT2D eigenvalue weighted by Crippen LogP contribution is -2.41. The van der Waals surface area contributed by atoms with Gasteiger partial charge in [0.15, 0.2) is 0 Å². The van der Waals surface area contributed by atoms with Crippen molar-refractivity contribution in [3.63, 3.8) is 0 Å². The summed E-state index contributed by atoms with van der Waals surface area (Å²) in [5, 5.41) is 0. The maximum absolute atomic E-state index is 12.8. The molecule has 1 aromatic heterocycles. The van der Waals surface area contributed by atoms with Gasteiger partial charge in [-0.1, -0.05) is 25.0 Å². The number of imidazole rings is 1. The van der Waals surface area contributed by atoms with Crippen LogP contribution < -0.4 is 0 Å². The van der Waals surface area contributed by atoms with Crippen LogP contribution in [0.5, 0.6) is 0 Å². The molecule has 0 spiro atoms. The number of imide groups is 1. The molecule has 2 aromatic rings. The lowest BCUT2D eigenvalue weighted by Gasteiger charge is -2.21. The Morgan fingerprint density at radius 1 is 1.14 bits per heavy atom. The van der Waals surface area contributed by atoms with Crippen molar-refractivity contribution >= 4 is 28.8 Å². The molecular formula is C21H26N4O3. The quantitative estimate of drug-likeness (QED) is 0.743. The van der Waals surface area contributed by atoms with E-state index in [1.807, 2.05) is 31.2 Å². The minimum Gasteiger partial charge on any atom is -0.337 e. The first-order valence-corrected chi connectivity index (χ1v) is 10.0. The Hall–Kier alpha value is -2.70. The van der Waals surface area contributed by atoms with E-state index < -0.39 is 0 Å². The van der Waals surface area contributed by atoms with E-state index in [2.05, 4.69) is 9.55 Å². The Labute approximate surface area is 164 Å². The molecule has 2 heterocycles. The fraction of sp³-hybridized carbons (Fsp3) is 0.524. The molecule has 1 aromatic carbocycles. The van der Waals surface area contributed by atoms with E-state index in [1.165, 1.54) is 4.90 Å². The smallest absolute Gasteiger partial charge is 0.242 e. The topological polar surface area (TPSA) is 75.5 Å². The van der Waals surface area contributed by atoms with Crippen LogP contribution in [0.1, 0.15) is 38.4 Å². The number of likely N-dealkylation sites (tertiary alicyclic amines) is 1. The van der Waals surface area contributed by atoms with Crippen molar-refractivity contribution in [3.8, 4) is 0 Å². The van der Waals surface area contributed by atoms with E-state index in [-0.39, 0.29) is 36.1 Å². The number of hydrogen-bond donors (Lipinski definition) is 0. The molecule has 1 aliphatic carbocycles. The van der Waals surface area contributed by atoms with E-state index >= 15 is 0 Å². The van der Waals surface area contributed by atoms with Crippen LogP contribution in [0.4, 0.5) is 0 Å². The third kappa shape index (κ3) is 3.08. The largest absolute Gasteiger partial charge is 0.337 e. The van der Waals surface area contributed by atoms with Crippen LogP contribution in [0.15, 0.2) is 24.3 Å². The fourth-order valence-electron chi connectivity index (χ4n) is 4.54. The van der Waals surface area contributed by atoms with Gasteiger partial charge in [-0.15, -0.1) is 0 Å². The van der Waals surface area contributed by atoms with E-state index in [0.717, 1.165) is 49.1 Å². The summed E-state index contributed by atoms with van der Waals surface area (Å²) in [6.45, 7) is 2.96. The van der Waals surface area contributed by atoms with Gasteiger partial charge in [0.1, 0.15) is 12.4 Å². The van der Waals surface area contributed by atoms with E-state index in [1.54, 1.807) is 11.9 Å². The first-order chi connectivity index (χ1) is 13.5. The summed E-state index contributed by atoms with van der Waals surface area (Å²) >= 11 is 0. The van der Waals surface area contributed by atoms with E-state index in [9.17, 15) is 14.4 Å². The average molecular weight is 382 g/mol. The summed E-state index contributed by atoms with van der Waals surface area (Å²) in [4.78, 5) is 45.3. The number of likely N-dealkylation sites (N-methyl/N-ethyl adjacent to an activating group) is 1. The van der Waals surface area contributed by atoms with Crippen molar-refractivity contribution in [2.45, 2.75) is 45.7 Å². The van der Waals surface area contributed by atoms with Crippen molar-refractivity contribution in [3.05, 3.63) is 30.1 Å². The monoisotopic (exact) mass is 382 g/mol. The molecule has 0 N–H and O–H groups in total. The highest BCUT2D eigenvalue weighted by Gasteiger charge is 2.48. The Kier molecular flexibility index (Phi) is 4.91. The number of fused-ring (bicyclic) bond motifs is 2. The molecule has 2 aliphatic rings. The van der Waals surface area contributed by atoms with Crippen molar-refractivity contribution < 1.29 is 14.4 Å². The van der Waals surface area contributed by atoms with Gasteiger partial charge in [-0.05, 0) is 31.9 Å². The first kappa shape index (κ1) is 18.7. The Balaban J connectivity index is 1.47. The molecule has 3 amide bonds. The molecule has 7 heteroatoms. The predicted octanol–water partition coefficient (Wildman–Crippen LogP) is 2.19. The predicted molar refractivity (Wildman–Crippen MR) is 104 cm³/mol. The van der Waals surface area contributed by atoms with Crippen molar-refractivity contribution in [1.82, 2.24) is 19.4 Å². The number of nitrogens with zero attached hydrogens (tertiary/aromatic N) is 4. The minimum absolute atomic E-state index is 0.169. The molecule has 0 bridgehead atoms. The van der Waals surface area contributed by atoms with Crippen LogP contribution >= 0.6 is 0 Å². The normalized spacial score (nSPS) is 22.0. The first-order valence-electron chi connectivity index (χ1n) is 10.0. The molecule has 7 nitrogen and oxygen atoms in total. The van der Waals surface area contributed by atoms with Gasteiger partial charge in [-0.3, -0.25) is 19.3 Å². The summed E-state index contributed by atoms with van der Waals surface area (Å²) in [6.07, 6.45) is 3.48. The highest BCUT2D eigenvalue weighted by molar-refractivity contribution is 6.07. The highest BCUT2D eigenvalue weighted by Crippen LogP contribution is 2.37. The minimum atomic E-state index is -0.241. The van der Waals surface area contributed by atoms with Crippen molar-refractivity contribution in [2.24, 2.45) is 11.8 Å². The number of amides is 3. The van der Waals surface area contributed by atoms with Gasteiger partial charge in [-0.2, -0.15) is 0 Å².